The van der Waals surface area contributed by atoms with Gasteiger partial charge in [0.1, 0.15) is 18.4 Å². The average Bonchev–Trinajstić information content (AvgIpc) is 2.87. The Morgan fingerprint density at radius 2 is 1.85 bits per heavy atom. The molecule has 2 amide bonds. The molecule has 0 fully saturated rings. The van der Waals surface area contributed by atoms with E-state index in [2.05, 4.69) is 5.32 Å². The summed E-state index contributed by atoms with van der Waals surface area (Å²) in [6, 6.07) is 11.2. The molecule has 1 N–H and O–H groups in total. The third kappa shape index (κ3) is 4.11. The highest BCUT2D eigenvalue weighted by molar-refractivity contribution is 6.31. The maximum absolute atomic E-state index is 12.7. The van der Waals surface area contributed by atoms with E-state index in [-0.39, 0.29) is 24.2 Å². The topological polar surface area (TPSA) is 75.7 Å². The van der Waals surface area contributed by atoms with Gasteiger partial charge in [-0.3, -0.25) is 14.4 Å². The maximum Gasteiger partial charge on any atom is 0.254 e. The molecule has 140 valence electrons. The summed E-state index contributed by atoms with van der Waals surface area (Å²) in [7, 11) is 0. The smallest absolute Gasteiger partial charge is 0.254 e. The van der Waals surface area contributed by atoms with Gasteiger partial charge in [0.15, 0.2) is 5.78 Å². The van der Waals surface area contributed by atoms with Crippen molar-refractivity contribution in [3.8, 4) is 5.75 Å². The van der Waals surface area contributed by atoms with Crippen molar-refractivity contribution in [2.45, 2.75) is 19.9 Å². The number of fused-ring (bicyclic) bond motifs is 1. The van der Waals surface area contributed by atoms with Crippen molar-refractivity contribution in [3.63, 3.8) is 0 Å². The van der Waals surface area contributed by atoms with Crippen LogP contribution in [0, 0.1) is 0 Å². The Balaban J connectivity index is 1.70. The highest BCUT2D eigenvalue weighted by Crippen LogP contribution is 2.37. The van der Waals surface area contributed by atoms with Gasteiger partial charge in [-0.2, -0.15) is 0 Å². The standard InChI is InChI=1S/C20H19ClN2O4/c1-12(24)14-3-6-16(7-4-14)27-10-9-23-18-8-5-15(21)11-17(18)19(20(23)26)22-13(2)25/h3-8,11,19H,9-10H2,1-2H3,(H,22,25)/t19-/m0/s1. The number of nitrogens with zero attached hydrogens (tertiary/aromatic N) is 1. The summed E-state index contributed by atoms with van der Waals surface area (Å²) in [4.78, 5) is 37.1. The molecule has 0 aromatic heterocycles. The molecule has 0 bridgehead atoms. The Morgan fingerprint density at radius 1 is 1.15 bits per heavy atom. The minimum Gasteiger partial charge on any atom is -0.492 e. The van der Waals surface area contributed by atoms with Crippen LogP contribution in [-0.4, -0.2) is 30.7 Å². The lowest BCUT2D eigenvalue weighted by Crippen LogP contribution is -2.38. The van der Waals surface area contributed by atoms with Crippen molar-refractivity contribution in [3.05, 3.63) is 58.6 Å². The number of nitrogens with one attached hydrogen (secondary N) is 1. The fourth-order valence-corrected chi connectivity index (χ4v) is 3.20. The molecule has 1 aliphatic heterocycles. The molecule has 3 rings (SSSR count). The predicted octanol–water partition coefficient (Wildman–Crippen LogP) is 3.15. The number of hydrogen-bond donors (Lipinski definition) is 1. The van der Waals surface area contributed by atoms with E-state index in [0.717, 1.165) is 0 Å². The van der Waals surface area contributed by atoms with Crippen LogP contribution in [0.15, 0.2) is 42.5 Å². The van der Waals surface area contributed by atoms with Crippen LogP contribution in [0.4, 0.5) is 5.69 Å². The number of anilines is 1. The zero-order chi connectivity index (χ0) is 19.6. The van der Waals surface area contributed by atoms with Gasteiger partial charge in [-0.15, -0.1) is 0 Å². The average molecular weight is 387 g/mol. The molecule has 0 unspecified atom stereocenters. The minimum atomic E-state index is -0.744. The highest BCUT2D eigenvalue weighted by atomic mass is 35.5. The number of hydrogen-bond acceptors (Lipinski definition) is 4. The van der Waals surface area contributed by atoms with Crippen LogP contribution < -0.4 is 15.0 Å². The predicted molar refractivity (Wildman–Crippen MR) is 102 cm³/mol. The lowest BCUT2D eigenvalue weighted by Gasteiger charge is -2.18. The molecule has 1 aliphatic rings. The number of carbonyl (C=O) groups is 3. The molecule has 1 atom stereocenters. The van der Waals surface area contributed by atoms with E-state index in [0.29, 0.717) is 34.1 Å². The van der Waals surface area contributed by atoms with Gasteiger partial charge in [0.25, 0.3) is 5.91 Å². The van der Waals surface area contributed by atoms with Crippen LogP contribution in [0.25, 0.3) is 0 Å². The Bertz CT molecular complexity index is 895. The zero-order valence-corrected chi connectivity index (χ0v) is 15.7. The Kier molecular flexibility index (Phi) is 5.46. The lowest BCUT2D eigenvalue weighted by atomic mass is 10.1. The third-order valence-electron chi connectivity index (χ3n) is 4.30. The van der Waals surface area contributed by atoms with Gasteiger partial charge in [0.05, 0.1) is 6.54 Å². The zero-order valence-electron chi connectivity index (χ0n) is 15.0. The number of benzene rings is 2. The fourth-order valence-electron chi connectivity index (χ4n) is 3.02. The first-order valence-corrected chi connectivity index (χ1v) is 8.86. The summed E-state index contributed by atoms with van der Waals surface area (Å²) in [6.07, 6.45) is 0. The fraction of sp³-hybridized carbons (Fsp3) is 0.250. The van der Waals surface area contributed by atoms with Crippen LogP contribution in [0.2, 0.25) is 5.02 Å². The summed E-state index contributed by atoms with van der Waals surface area (Å²) in [6.45, 7) is 3.45. The van der Waals surface area contributed by atoms with E-state index in [9.17, 15) is 14.4 Å². The van der Waals surface area contributed by atoms with Gasteiger partial charge in [-0.1, -0.05) is 11.6 Å². The summed E-state index contributed by atoms with van der Waals surface area (Å²) in [5, 5.41) is 3.17. The summed E-state index contributed by atoms with van der Waals surface area (Å²) in [5.41, 5.74) is 1.99. The number of ether oxygens (including phenoxy) is 1. The van der Waals surface area contributed by atoms with Gasteiger partial charge in [0.2, 0.25) is 5.91 Å². The second-order valence-corrected chi connectivity index (χ2v) is 6.69. The van der Waals surface area contributed by atoms with Crippen LogP contribution in [0.5, 0.6) is 5.75 Å². The largest absolute Gasteiger partial charge is 0.492 e. The molecule has 1 heterocycles. The van der Waals surface area contributed by atoms with E-state index in [4.69, 9.17) is 16.3 Å². The maximum atomic E-state index is 12.7. The molecule has 7 heteroatoms. The molecule has 0 saturated heterocycles. The first-order chi connectivity index (χ1) is 12.9. The minimum absolute atomic E-state index is 0.0107. The first kappa shape index (κ1) is 18.9. The number of halogens is 1. The number of ketones is 1. The van der Waals surface area contributed by atoms with Crippen molar-refractivity contribution in [1.29, 1.82) is 0 Å². The van der Waals surface area contributed by atoms with E-state index in [1.165, 1.54) is 13.8 Å². The SMILES string of the molecule is CC(=O)N[C@@H]1C(=O)N(CCOc2ccc(C(C)=O)cc2)c2ccc(Cl)cc21. The van der Waals surface area contributed by atoms with Crippen LogP contribution >= 0.6 is 11.6 Å². The van der Waals surface area contributed by atoms with Gasteiger partial charge < -0.3 is 15.0 Å². The molecule has 2 aromatic carbocycles. The second kappa shape index (κ2) is 7.80. The Morgan fingerprint density at radius 3 is 2.48 bits per heavy atom. The number of carbonyl (C=O) groups excluding carboxylic acids is 3. The van der Waals surface area contributed by atoms with E-state index < -0.39 is 6.04 Å². The molecule has 6 nitrogen and oxygen atoms in total. The quantitative estimate of drug-likeness (QED) is 0.774. The van der Waals surface area contributed by atoms with Crippen molar-refractivity contribution < 1.29 is 19.1 Å². The second-order valence-electron chi connectivity index (χ2n) is 6.26. The first-order valence-electron chi connectivity index (χ1n) is 8.48. The number of Topliss-reactive ketones (excluding diaryl/α,β-unsaturated/α-hetero) is 1. The Labute approximate surface area is 162 Å². The highest BCUT2D eigenvalue weighted by Gasteiger charge is 2.37. The van der Waals surface area contributed by atoms with E-state index >= 15 is 0 Å². The third-order valence-corrected chi connectivity index (χ3v) is 4.53. The summed E-state index contributed by atoms with van der Waals surface area (Å²) >= 11 is 6.05. The van der Waals surface area contributed by atoms with Gasteiger partial charge in [-0.05, 0) is 49.4 Å². The van der Waals surface area contributed by atoms with Gasteiger partial charge in [-0.25, -0.2) is 0 Å². The monoisotopic (exact) mass is 386 g/mol. The molecule has 27 heavy (non-hydrogen) atoms. The van der Waals surface area contributed by atoms with Crippen LogP contribution in [0.3, 0.4) is 0 Å². The van der Waals surface area contributed by atoms with Crippen molar-refractivity contribution in [2.75, 3.05) is 18.1 Å². The lowest BCUT2D eigenvalue weighted by molar-refractivity contribution is -0.126. The summed E-state index contributed by atoms with van der Waals surface area (Å²) < 4.78 is 5.69. The Hall–Kier alpha value is -2.86. The molecule has 0 saturated carbocycles. The van der Waals surface area contributed by atoms with Crippen LogP contribution in [0.1, 0.15) is 35.8 Å². The molecular formula is C20H19ClN2O4. The van der Waals surface area contributed by atoms with Crippen molar-refractivity contribution in [1.82, 2.24) is 5.32 Å². The van der Waals surface area contributed by atoms with Crippen molar-refractivity contribution in [2.24, 2.45) is 0 Å². The van der Waals surface area contributed by atoms with Gasteiger partial charge in [0, 0.05) is 28.8 Å². The summed E-state index contributed by atoms with van der Waals surface area (Å²) in [5.74, 6) is 0.0887. The molecule has 0 aliphatic carbocycles. The number of amides is 2. The number of rotatable bonds is 6. The van der Waals surface area contributed by atoms with E-state index in [1.54, 1.807) is 47.4 Å². The van der Waals surface area contributed by atoms with Crippen molar-refractivity contribution >= 4 is 34.9 Å². The molecule has 0 radical (unpaired) electrons. The van der Waals surface area contributed by atoms with E-state index in [1.807, 2.05) is 0 Å². The molecule has 2 aromatic rings. The molecule has 0 spiro atoms. The normalized spacial score (nSPS) is 15.4. The molecular weight excluding hydrogens is 368 g/mol. The van der Waals surface area contributed by atoms with Crippen LogP contribution in [-0.2, 0) is 9.59 Å². The van der Waals surface area contributed by atoms with Gasteiger partial charge >= 0.3 is 0 Å².